The van der Waals surface area contributed by atoms with Crippen LogP contribution in [0.4, 0.5) is 18.9 Å². The summed E-state index contributed by atoms with van der Waals surface area (Å²) in [6.45, 7) is 0. The number of hydrogen-bond acceptors (Lipinski definition) is 5. The Morgan fingerprint density at radius 3 is 2.58 bits per heavy atom. The Balaban J connectivity index is 1.84. The first-order valence-electron chi connectivity index (χ1n) is 6.66. The van der Waals surface area contributed by atoms with Gasteiger partial charge in [-0.05, 0) is 24.3 Å². The highest BCUT2D eigenvalue weighted by atomic mass is 19.4. The molecule has 3 rings (SSSR count). The van der Waals surface area contributed by atoms with E-state index in [0.29, 0.717) is 5.23 Å². The monoisotopic (exact) mass is 341 g/mol. The molecule has 2 aromatic carbocycles. The molecule has 0 spiro atoms. The maximum atomic E-state index is 13.0. The van der Waals surface area contributed by atoms with Crippen molar-refractivity contribution in [2.45, 2.75) is 12.5 Å². The van der Waals surface area contributed by atoms with Crippen LogP contribution < -0.4 is 5.23 Å². The Labute approximate surface area is 133 Å². The number of alkyl halides is 3. The van der Waals surface area contributed by atoms with Crippen molar-refractivity contribution in [2.24, 2.45) is 0 Å². The fourth-order valence-electron chi connectivity index (χ4n) is 2.13. The van der Waals surface area contributed by atoms with E-state index in [1.165, 1.54) is 42.5 Å². The van der Waals surface area contributed by atoms with E-state index in [4.69, 9.17) is 19.8 Å². The second-order valence-electron chi connectivity index (χ2n) is 4.81. The molecule has 2 aromatic rings. The third kappa shape index (κ3) is 3.18. The normalized spacial score (nSPS) is 18.0. The van der Waals surface area contributed by atoms with Gasteiger partial charge in [-0.25, -0.2) is 9.63 Å². The van der Waals surface area contributed by atoms with Crippen LogP contribution >= 0.6 is 0 Å². The van der Waals surface area contributed by atoms with Gasteiger partial charge in [-0.2, -0.15) is 18.1 Å². The third-order valence-corrected chi connectivity index (χ3v) is 3.21. The van der Waals surface area contributed by atoms with Crippen molar-refractivity contribution in [2.75, 3.05) is 5.23 Å². The molecule has 1 heterocycles. The van der Waals surface area contributed by atoms with Crippen molar-refractivity contribution in [3.05, 3.63) is 65.2 Å². The Kier molecular flexibility index (Phi) is 4.14. The smallest absolute Gasteiger partial charge is 0.416 e. The first-order valence-corrected chi connectivity index (χ1v) is 6.66. The highest BCUT2D eigenvalue weighted by Gasteiger charge is 2.39. The van der Waals surface area contributed by atoms with Crippen LogP contribution in [0.1, 0.15) is 27.8 Å². The Morgan fingerprint density at radius 2 is 1.88 bits per heavy atom. The number of rotatable bonds is 3. The van der Waals surface area contributed by atoms with Crippen LogP contribution in [0, 0.1) is 0 Å². The van der Waals surface area contributed by atoms with Gasteiger partial charge in [0.05, 0.1) is 16.8 Å². The van der Waals surface area contributed by atoms with Gasteiger partial charge in [0, 0.05) is 5.56 Å². The first-order chi connectivity index (χ1) is 11.4. The third-order valence-electron chi connectivity index (χ3n) is 3.21. The van der Waals surface area contributed by atoms with Crippen molar-refractivity contribution in [3.63, 3.8) is 0 Å². The molecular weight excluding hydrogens is 331 g/mol. The molecule has 1 saturated heterocycles. The summed E-state index contributed by atoms with van der Waals surface area (Å²) in [6.07, 6.45) is -6.03. The van der Waals surface area contributed by atoms with Gasteiger partial charge in [0.2, 0.25) is 6.29 Å². The van der Waals surface area contributed by atoms with Gasteiger partial charge in [-0.15, -0.1) is 0 Å². The summed E-state index contributed by atoms with van der Waals surface area (Å²) in [4.78, 5) is 25.7. The van der Waals surface area contributed by atoms with Gasteiger partial charge < -0.3 is 5.11 Å². The SMILES string of the molecule is O=C(O)c1cccc(N2OOC(c3ccccc3C(F)(F)F)O2)c1. The molecule has 6 nitrogen and oxygen atoms in total. The number of carboxylic acid groups (broad SMARTS) is 1. The van der Waals surface area contributed by atoms with Crippen LogP contribution in [-0.4, -0.2) is 11.1 Å². The molecule has 9 heteroatoms. The summed E-state index contributed by atoms with van der Waals surface area (Å²) in [5.74, 6) is -1.17. The van der Waals surface area contributed by atoms with E-state index in [1.54, 1.807) is 0 Å². The second-order valence-corrected chi connectivity index (χ2v) is 4.81. The molecular formula is C15H10F3NO5. The first kappa shape index (κ1) is 16.2. The zero-order valence-electron chi connectivity index (χ0n) is 11.9. The van der Waals surface area contributed by atoms with E-state index in [0.717, 1.165) is 6.07 Å². The minimum atomic E-state index is -4.58. The number of halogens is 3. The Morgan fingerprint density at radius 1 is 1.12 bits per heavy atom. The number of hydrogen-bond donors (Lipinski definition) is 1. The number of carbonyl (C=O) groups is 1. The van der Waals surface area contributed by atoms with Gasteiger partial charge in [-0.3, -0.25) is 0 Å². The van der Waals surface area contributed by atoms with Crippen LogP contribution in [0.3, 0.4) is 0 Å². The Hall–Kier alpha value is -2.62. The average molecular weight is 341 g/mol. The van der Waals surface area contributed by atoms with Gasteiger partial charge in [0.1, 0.15) is 0 Å². The van der Waals surface area contributed by atoms with E-state index < -0.39 is 24.0 Å². The summed E-state index contributed by atoms with van der Waals surface area (Å²) >= 11 is 0. The van der Waals surface area contributed by atoms with Crippen LogP contribution in [0.5, 0.6) is 0 Å². The van der Waals surface area contributed by atoms with Crippen LogP contribution in [0.2, 0.25) is 0 Å². The largest absolute Gasteiger partial charge is 0.478 e. The lowest BCUT2D eigenvalue weighted by Gasteiger charge is -2.15. The number of carboxylic acids is 1. The number of nitrogens with zero attached hydrogens (tertiary/aromatic N) is 1. The van der Waals surface area contributed by atoms with Crippen molar-refractivity contribution in [1.82, 2.24) is 0 Å². The van der Waals surface area contributed by atoms with Crippen molar-refractivity contribution < 1.29 is 37.8 Å². The number of benzene rings is 2. The molecule has 1 aliphatic rings. The van der Waals surface area contributed by atoms with E-state index in [9.17, 15) is 18.0 Å². The van der Waals surface area contributed by atoms with Crippen molar-refractivity contribution in [3.8, 4) is 0 Å². The van der Waals surface area contributed by atoms with E-state index >= 15 is 0 Å². The zero-order valence-corrected chi connectivity index (χ0v) is 11.9. The fourth-order valence-corrected chi connectivity index (χ4v) is 2.13. The molecule has 0 radical (unpaired) electrons. The van der Waals surface area contributed by atoms with E-state index in [1.807, 2.05) is 0 Å². The molecule has 1 aliphatic heterocycles. The summed E-state index contributed by atoms with van der Waals surface area (Å²) in [6, 6.07) is 10.2. The molecule has 0 aliphatic carbocycles. The van der Waals surface area contributed by atoms with Gasteiger partial charge in [0.15, 0.2) is 0 Å². The van der Waals surface area contributed by atoms with Gasteiger partial charge in [-0.1, -0.05) is 34.5 Å². The van der Waals surface area contributed by atoms with Crippen molar-refractivity contribution >= 4 is 11.7 Å². The summed E-state index contributed by atoms with van der Waals surface area (Å²) < 4.78 is 39.1. The van der Waals surface area contributed by atoms with Crippen LogP contribution in [0.15, 0.2) is 48.5 Å². The topological polar surface area (TPSA) is 68.2 Å². The van der Waals surface area contributed by atoms with Gasteiger partial charge >= 0.3 is 12.1 Å². The van der Waals surface area contributed by atoms with Crippen LogP contribution in [-0.2, 0) is 20.9 Å². The molecule has 1 N–H and O–H groups in total. The standard InChI is InChI=1S/C15H10F3NO5/c16-15(17,18)12-7-2-1-6-11(12)14-22-19(24-23-14)10-5-3-4-9(8-10)13(20)21/h1-8,14H,(H,20,21). The molecule has 0 amide bonds. The van der Waals surface area contributed by atoms with Crippen LogP contribution in [0.25, 0.3) is 0 Å². The zero-order chi connectivity index (χ0) is 17.3. The minimum Gasteiger partial charge on any atom is -0.478 e. The average Bonchev–Trinajstić information content (AvgIpc) is 3.04. The van der Waals surface area contributed by atoms with E-state index in [-0.39, 0.29) is 16.8 Å². The summed E-state index contributed by atoms with van der Waals surface area (Å²) in [5, 5.41) is 9.66. The molecule has 1 unspecified atom stereocenters. The molecule has 0 aromatic heterocycles. The molecule has 0 bridgehead atoms. The maximum Gasteiger partial charge on any atom is 0.416 e. The molecule has 1 fully saturated rings. The quantitative estimate of drug-likeness (QED) is 0.858. The molecule has 0 saturated carbocycles. The lowest BCUT2D eigenvalue weighted by Crippen LogP contribution is -2.17. The predicted molar refractivity (Wildman–Crippen MR) is 73.3 cm³/mol. The maximum absolute atomic E-state index is 13.0. The van der Waals surface area contributed by atoms with Gasteiger partial charge in [0.25, 0.3) is 0 Å². The van der Waals surface area contributed by atoms with E-state index in [2.05, 4.69) is 0 Å². The highest BCUT2D eigenvalue weighted by molar-refractivity contribution is 5.88. The molecule has 24 heavy (non-hydrogen) atoms. The number of anilines is 1. The highest BCUT2D eigenvalue weighted by Crippen LogP contribution is 2.39. The summed E-state index contributed by atoms with van der Waals surface area (Å²) in [5.41, 5.74) is -1.07. The van der Waals surface area contributed by atoms with Crippen molar-refractivity contribution in [1.29, 1.82) is 0 Å². The Bertz CT molecular complexity index is 765. The summed E-state index contributed by atoms with van der Waals surface area (Å²) in [7, 11) is 0. The lowest BCUT2D eigenvalue weighted by molar-refractivity contribution is -0.287. The molecule has 1 atom stereocenters. The number of aromatic carboxylic acids is 1. The molecule has 126 valence electrons. The predicted octanol–water partition coefficient (Wildman–Crippen LogP) is 3.72. The fraction of sp³-hybridized carbons (Fsp3) is 0.133. The minimum absolute atomic E-state index is 0.0427. The lowest BCUT2D eigenvalue weighted by atomic mass is 10.1. The second kappa shape index (κ2) is 6.11.